The minimum absolute atomic E-state index is 0.0744. The first-order valence-corrected chi connectivity index (χ1v) is 5.56. The van der Waals surface area contributed by atoms with Crippen LogP contribution in [0.5, 0.6) is 5.75 Å². The number of piperazine rings is 1. The van der Waals surface area contributed by atoms with Gasteiger partial charge < -0.3 is 15.7 Å². The summed E-state index contributed by atoms with van der Waals surface area (Å²) in [5.74, 6) is 0.0744. The summed E-state index contributed by atoms with van der Waals surface area (Å²) in [7, 11) is 0. The third kappa shape index (κ3) is 2.21. The first-order valence-electron chi connectivity index (χ1n) is 4.81. The summed E-state index contributed by atoms with van der Waals surface area (Å²) >= 11 is 11.7. The number of hydrogen-bond donors (Lipinski definition) is 3. The van der Waals surface area contributed by atoms with Crippen LogP contribution in [0.3, 0.4) is 0 Å². The van der Waals surface area contributed by atoms with E-state index >= 15 is 0 Å². The maximum Gasteiger partial charge on any atom is 0.140 e. The maximum atomic E-state index is 9.85. The fraction of sp³-hybridized carbons (Fsp3) is 0.400. The van der Waals surface area contributed by atoms with Crippen molar-refractivity contribution in [1.29, 1.82) is 0 Å². The van der Waals surface area contributed by atoms with Crippen molar-refractivity contribution in [1.82, 2.24) is 10.6 Å². The van der Waals surface area contributed by atoms with E-state index in [2.05, 4.69) is 10.6 Å². The molecule has 2 rings (SSSR count). The number of halogens is 2. The Kier molecular flexibility index (Phi) is 3.36. The van der Waals surface area contributed by atoms with E-state index in [1.165, 1.54) is 0 Å². The minimum Gasteiger partial charge on any atom is -0.506 e. The lowest BCUT2D eigenvalue weighted by Crippen LogP contribution is -2.42. The first kappa shape index (κ1) is 11.0. The van der Waals surface area contributed by atoms with Crippen LogP contribution in [0.2, 0.25) is 10.0 Å². The van der Waals surface area contributed by atoms with E-state index in [0.717, 1.165) is 25.2 Å². The van der Waals surface area contributed by atoms with E-state index in [9.17, 15) is 5.11 Å². The molecule has 0 bridgehead atoms. The molecular formula is C10H12Cl2N2O. The van der Waals surface area contributed by atoms with E-state index in [4.69, 9.17) is 23.2 Å². The van der Waals surface area contributed by atoms with Crippen LogP contribution < -0.4 is 10.6 Å². The summed E-state index contributed by atoms with van der Waals surface area (Å²) in [6, 6.07) is 3.59. The lowest BCUT2D eigenvalue weighted by Gasteiger charge is -2.25. The van der Waals surface area contributed by atoms with Crippen LogP contribution >= 0.6 is 23.2 Å². The summed E-state index contributed by atoms with van der Waals surface area (Å²) < 4.78 is 0. The second kappa shape index (κ2) is 4.58. The van der Waals surface area contributed by atoms with E-state index in [1.54, 1.807) is 12.1 Å². The van der Waals surface area contributed by atoms with Crippen LogP contribution in [0.4, 0.5) is 0 Å². The highest BCUT2D eigenvalue weighted by atomic mass is 35.5. The van der Waals surface area contributed by atoms with Gasteiger partial charge >= 0.3 is 0 Å². The lowest BCUT2D eigenvalue weighted by atomic mass is 10.0. The Morgan fingerprint density at radius 3 is 2.73 bits per heavy atom. The Balaban J connectivity index is 2.31. The SMILES string of the molecule is Oc1c([C@@H]2CNCCN2)ccc(Cl)c1Cl. The molecule has 1 aromatic rings. The molecule has 1 aliphatic heterocycles. The molecule has 82 valence electrons. The second-order valence-corrected chi connectivity index (χ2v) is 4.30. The molecule has 3 nitrogen and oxygen atoms in total. The van der Waals surface area contributed by atoms with Crippen molar-refractivity contribution < 1.29 is 5.11 Å². The predicted molar refractivity (Wildman–Crippen MR) is 61.7 cm³/mol. The molecule has 1 fully saturated rings. The molecule has 0 radical (unpaired) electrons. The van der Waals surface area contributed by atoms with Crippen molar-refractivity contribution in [3.8, 4) is 5.75 Å². The molecule has 0 saturated carbocycles. The molecule has 1 aromatic carbocycles. The molecule has 0 aliphatic carbocycles. The average Bonchev–Trinajstić information content (AvgIpc) is 2.27. The minimum atomic E-state index is 0.0744. The van der Waals surface area contributed by atoms with Gasteiger partial charge in [0, 0.05) is 31.2 Å². The molecule has 0 aromatic heterocycles. The third-order valence-electron chi connectivity index (χ3n) is 2.52. The Morgan fingerprint density at radius 2 is 2.07 bits per heavy atom. The molecule has 15 heavy (non-hydrogen) atoms. The zero-order valence-electron chi connectivity index (χ0n) is 8.06. The Hall–Kier alpha value is -0.480. The van der Waals surface area contributed by atoms with Crippen molar-refractivity contribution in [2.24, 2.45) is 0 Å². The molecule has 5 heteroatoms. The van der Waals surface area contributed by atoms with Gasteiger partial charge in [-0.2, -0.15) is 0 Å². The fourth-order valence-corrected chi connectivity index (χ4v) is 2.03. The van der Waals surface area contributed by atoms with Gasteiger partial charge in [0.05, 0.1) is 5.02 Å². The highest BCUT2D eigenvalue weighted by molar-refractivity contribution is 6.43. The van der Waals surface area contributed by atoms with Gasteiger partial charge in [-0.05, 0) is 6.07 Å². The zero-order valence-corrected chi connectivity index (χ0v) is 9.57. The van der Waals surface area contributed by atoms with Gasteiger partial charge in [0.1, 0.15) is 10.8 Å². The summed E-state index contributed by atoms with van der Waals surface area (Å²) in [5, 5.41) is 17.0. The van der Waals surface area contributed by atoms with Gasteiger partial charge in [-0.25, -0.2) is 0 Å². The number of nitrogens with one attached hydrogen (secondary N) is 2. The normalized spacial score (nSPS) is 21.6. The quantitative estimate of drug-likeness (QED) is 0.710. The Labute approximate surface area is 98.4 Å². The van der Waals surface area contributed by atoms with E-state index in [1.807, 2.05) is 0 Å². The Morgan fingerprint density at radius 1 is 1.27 bits per heavy atom. The molecule has 0 unspecified atom stereocenters. The number of hydrogen-bond acceptors (Lipinski definition) is 3. The predicted octanol–water partition coefficient (Wildman–Crippen LogP) is 1.93. The third-order valence-corrected chi connectivity index (χ3v) is 3.31. The standard InChI is InChI=1S/C10H12Cl2N2O/c11-7-2-1-6(10(15)9(7)12)8-5-13-3-4-14-8/h1-2,8,13-15H,3-5H2/t8-/m0/s1. The topological polar surface area (TPSA) is 44.3 Å². The van der Waals surface area contributed by atoms with Gasteiger partial charge in [-0.1, -0.05) is 29.3 Å². The number of aromatic hydroxyl groups is 1. The monoisotopic (exact) mass is 246 g/mol. The highest BCUT2D eigenvalue weighted by Crippen LogP contribution is 2.36. The van der Waals surface area contributed by atoms with Crippen LogP contribution in [-0.4, -0.2) is 24.7 Å². The largest absolute Gasteiger partial charge is 0.506 e. The molecule has 0 spiro atoms. The number of phenolic OH excluding ortho intramolecular Hbond substituents is 1. The van der Waals surface area contributed by atoms with Crippen molar-refractivity contribution in [3.63, 3.8) is 0 Å². The van der Waals surface area contributed by atoms with Gasteiger partial charge in [-0.3, -0.25) is 0 Å². The zero-order chi connectivity index (χ0) is 10.8. The smallest absolute Gasteiger partial charge is 0.140 e. The van der Waals surface area contributed by atoms with Crippen LogP contribution in [0.25, 0.3) is 0 Å². The summed E-state index contributed by atoms with van der Waals surface area (Å²) in [6.07, 6.45) is 0. The first-order chi connectivity index (χ1) is 7.20. The van der Waals surface area contributed by atoms with Gasteiger partial charge in [0.15, 0.2) is 0 Å². The Bertz CT molecular complexity index is 365. The van der Waals surface area contributed by atoms with Gasteiger partial charge in [0.25, 0.3) is 0 Å². The lowest BCUT2D eigenvalue weighted by molar-refractivity contribution is 0.404. The summed E-state index contributed by atoms with van der Waals surface area (Å²) in [4.78, 5) is 0. The summed E-state index contributed by atoms with van der Waals surface area (Å²) in [6.45, 7) is 2.61. The summed E-state index contributed by atoms with van der Waals surface area (Å²) in [5.41, 5.74) is 0.789. The average molecular weight is 247 g/mol. The molecule has 0 amide bonds. The fourth-order valence-electron chi connectivity index (χ4n) is 1.71. The van der Waals surface area contributed by atoms with Crippen LogP contribution in [0.1, 0.15) is 11.6 Å². The highest BCUT2D eigenvalue weighted by Gasteiger charge is 2.19. The number of benzene rings is 1. The van der Waals surface area contributed by atoms with E-state index in [-0.39, 0.29) is 16.8 Å². The van der Waals surface area contributed by atoms with Gasteiger partial charge in [-0.15, -0.1) is 0 Å². The van der Waals surface area contributed by atoms with Crippen molar-refractivity contribution in [2.45, 2.75) is 6.04 Å². The molecule has 1 aliphatic rings. The van der Waals surface area contributed by atoms with Crippen LogP contribution in [0, 0.1) is 0 Å². The van der Waals surface area contributed by atoms with Crippen molar-refractivity contribution in [2.75, 3.05) is 19.6 Å². The van der Waals surface area contributed by atoms with Crippen molar-refractivity contribution in [3.05, 3.63) is 27.7 Å². The van der Waals surface area contributed by atoms with Crippen LogP contribution in [0.15, 0.2) is 12.1 Å². The van der Waals surface area contributed by atoms with Gasteiger partial charge in [0.2, 0.25) is 0 Å². The number of phenols is 1. The number of rotatable bonds is 1. The van der Waals surface area contributed by atoms with E-state index < -0.39 is 0 Å². The second-order valence-electron chi connectivity index (χ2n) is 3.51. The van der Waals surface area contributed by atoms with Crippen molar-refractivity contribution >= 4 is 23.2 Å². The van der Waals surface area contributed by atoms with Crippen LogP contribution in [-0.2, 0) is 0 Å². The molecule has 1 saturated heterocycles. The molecule has 3 N–H and O–H groups in total. The molecule has 1 heterocycles. The van der Waals surface area contributed by atoms with E-state index in [0.29, 0.717) is 5.02 Å². The maximum absolute atomic E-state index is 9.85. The molecular weight excluding hydrogens is 235 g/mol. The molecule has 1 atom stereocenters.